The highest BCUT2D eigenvalue weighted by Crippen LogP contribution is 2.35. The number of halogens is 1. The van der Waals surface area contributed by atoms with Gasteiger partial charge in [-0.1, -0.05) is 65.0 Å². The average Bonchev–Trinajstić information content (AvgIpc) is 3.45. The van der Waals surface area contributed by atoms with Crippen LogP contribution < -0.4 is 25.4 Å². The normalized spacial score (nSPS) is 14.8. The molecule has 0 bridgehead atoms. The van der Waals surface area contributed by atoms with Crippen LogP contribution in [0.3, 0.4) is 0 Å². The summed E-state index contributed by atoms with van der Waals surface area (Å²) in [6, 6.07) is 11.9. The Kier molecular flexibility index (Phi) is 15.2. The van der Waals surface area contributed by atoms with Crippen molar-refractivity contribution in [3.8, 4) is 11.5 Å². The lowest BCUT2D eigenvalue weighted by atomic mass is 9.85. The second-order valence-electron chi connectivity index (χ2n) is 12.6. The van der Waals surface area contributed by atoms with E-state index in [-0.39, 0.29) is 62.0 Å². The maximum absolute atomic E-state index is 13.9. The Morgan fingerprint density at radius 1 is 1.02 bits per heavy atom. The van der Waals surface area contributed by atoms with Crippen LogP contribution in [0, 0.1) is 11.3 Å². The average molecular weight is 685 g/mol. The molecule has 0 aromatic heterocycles. The van der Waals surface area contributed by atoms with Crippen LogP contribution in [0.2, 0.25) is 0 Å². The van der Waals surface area contributed by atoms with Gasteiger partial charge in [-0.2, -0.15) is 4.31 Å². The zero-order chi connectivity index (χ0) is 33.2. The van der Waals surface area contributed by atoms with Gasteiger partial charge in [-0.05, 0) is 35.4 Å². The van der Waals surface area contributed by atoms with E-state index in [2.05, 4.69) is 16.0 Å². The molecule has 0 radical (unpaired) electrons. The smallest absolute Gasteiger partial charge is 0.243 e. The number of carbonyl (C=O) groups excluding carboxylic acids is 2. The molecule has 1 heterocycles. The predicted octanol–water partition coefficient (Wildman–Crippen LogP) is 2.34. The van der Waals surface area contributed by atoms with Gasteiger partial charge in [0.15, 0.2) is 11.5 Å². The van der Waals surface area contributed by atoms with E-state index in [4.69, 9.17) is 14.2 Å². The molecule has 2 aromatic rings. The topological polar surface area (TPSA) is 156 Å². The highest BCUT2D eigenvalue weighted by molar-refractivity contribution is 7.89. The van der Waals surface area contributed by atoms with Gasteiger partial charge in [-0.25, -0.2) is 8.42 Å². The number of ether oxygens (including phenoxy) is 3. The molecule has 1 aliphatic heterocycles. The van der Waals surface area contributed by atoms with Crippen LogP contribution in [-0.2, 0) is 30.8 Å². The van der Waals surface area contributed by atoms with Gasteiger partial charge in [0, 0.05) is 32.8 Å². The van der Waals surface area contributed by atoms with Crippen molar-refractivity contribution < 1.29 is 37.3 Å². The second kappa shape index (κ2) is 17.8. The molecule has 2 amide bonds. The summed E-state index contributed by atoms with van der Waals surface area (Å²) in [5.41, 5.74) is 0.176. The molecule has 2 aromatic carbocycles. The Morgan fingerprint density at radius 3 is 2.33 bits per heavy atom. The molecule has 3 atom stereocenters. The minimum absolute atomic E-state index is 0. The molecule has 3 rings (SSSR count). The van der Waals surface area contributed by atoms with Crippen LogP contribution >= 0.6 is 12.4 Å². The number of methoxy groups -OCH3 is 1. The maximum Gasteiger partial charge on any atom is 0.243 e. The van der Waals surface area contributed by atoms with Gasteiger partial charge >= 0.3 is 0 Å². The number of rotatable bonds is 17. The van der Waals surface area contributed by atoms with Crippen LogP contribution in [0.15, 0.2) is 53.4 Å². The minimum Gasteiger partial charge on any atom is -0.454 e. The number of fused-ring (bicyclic) bond motifs is 1. The molecule has 0 saturated carbocycles. The van der Waals surface area contributed by atoms with E-state index in [1.54, 1.807) is 13.2 Å². The van der Waals surface area contributed by atoms with Crippen molar-refractivity contribution in [3.63, 3.8) is 0 Å². The molecular formula is C32H49ClN4O8S. The third-order valence-electron chi connectivity index (χ3n) is 7.23. The largest absolute Gasteiger partial charge is 0.454 e. The SMILES string of the molecule is COCCNCC(=O)N[C@H](C(=O)N[C@@H](Cc1ccccc1)C(O)CN(CC(C)C)S(=O)(=O)c1ccc2c(c1)OCO2)C(C)(C)C.Cl. The van der Waals surface area contributed by atoms with Gasteiger partial charge in [0.05, 0.1) is 30.2 Å². The first-order valence-corrected chi connectivity index (χ1v) is 16.6. The summed E-state index contributed by atoms with van der Waals surface area (Å²) in [4.78, 5) is 26.5. The fraction of sp³-hybridized carbons (Fsp3) is 0.562. The second-order valence-corrected chi connectivity index (χ2v) is 14.6. The summed E-state index contributed by atoms with van der Waals surface area (Å²) < 4.78 is 44.7. The fourth-order valence-corrected chi connectivity index (χ4v) is 6.52. The molecule has 14 heteroatoms. The molecule has 1 aliphatic rings. The molecule has 1 unspecified atom stereocenters. The highest BCUT2D eigenvalue weighted by atomic mass is 35.5. The van der Waals surface area contributed by atoms with E-state index < -0.39 is 39.5 Å². The van der Waals surface area contributed by atoms with Gasteiger partial charge in [0.1, 0.15) is 6.04 Å². The Morgan fingerprint density at radius 2 is 1.70 bits per heavy atom. The Balaban J connectivity index is 0.00000736. The first-order chi connectivity index (χ1) is 21.2. The lowest BCUT2D eigenvalue weighted by Gasteiger charge is -2.34. The van der Waals surface area contributed by atoms with Crippen molar-refractivity contribution >= 4 is 34.2 Å². The van der Waals surface area contributed by atoms with Crippen LogP contribution in [0.4, 0.5) is 0 Å². The highest BCUT2D eigenvalue weighted by Gasteiger charge is 2.37. The third kappa shape index (κ3) is 11.4. The maximum atomic E-state index is 13.9. The van der Waals surface area contributed by atoms with Crippen LogP contribution in [0.1, 0.15) is 40.2 Å². The first-order valence-electron chi connectivity index (χ1n) is 15.1. The zero-order valence-electron chi connectivity index (χ0n) is 27.4. The van der Waals surface area contributed by atoms with Crippen LogP contribution in [0.25, 0.3) is 0 Å². The quantitative estimate of drug-likeness (QED) is 0.184. The van der Waals surface area contributed by atoms with Crippen molar-refractivity contribution in [2.45, 2.75) is 64.1 Å². The number of nitrogens with one attached hydrogen (secondary N) is 3. The number of aliphatic hydroxyl groups excluding tert-OH is 1. The number of aliphatic hydroxyl groups is 1. The molecule has 4 N–H and O–H groups in total. The van der Waals surface area contributed by atoms with Crippen LogP contribution in [0.5, 0.6) is 11.5 Å². The fourth-order valence-electron chi connectivity index (χ4n) is 4.88. The van der Waals surface area contributed by atoms with E-state index in [1.807, 2.05) is 65.0 Å². The molecule has 0 spiro atoms. The molecule has 258 valence electrons. The van der Waals surface area contributed by atoms with E-state index in [9.17, 15) is 23.1 Å². The lowest BCUT2D eigenvalue weighted by Crippen LogP contribution is -2.59. The lowest BCUT2D eigenvalue weighted by molar-refractivity contribution is -0.132. The Hall–Kier alpha value is -2.94. The summed E-state index contributed by atoms with van der Waals surface area (Å²) in [5, 5.41) is 20.3. The predicted molar refractivity (Wildman–Crippen MR) is 178 cm³/mol. The summed E-state index contributed by atoms with van der Waals surface area (Å²) in [6.45, 7) is 10.1. The van der Waals surface area contributed by atoms with E-state index in [0.29, 0.717) is 24.7 Å². The minimum atomic E-state index is -4.06. The zero-order valence-corrected chi connectivity index (χ0v) is 29.1. The molecule has 0 aliphatic carbocycles. The molecule has 12 nitrogen and oxygen atoms in total. The van der Waals surface area contributed by atoms with E-state index in [1.165, 1.54) is 16.4 Å². The van der Waals surface area contributed by atoms with Crippen molar-refractivity contribution in [1.29, 1.82) is 0 Å². The monoisotopic (exact) mass is 684 g/mol. The summed E-state index contributed by atoms with van der Waals surface area (Å²) in [6.07, 6.45) is -1.06. The molecular weight excluding hydrogens is 636 g/mol. The van der Waals surface area contributed by atoms with Gasteiger partial charge in [0.25, 0.3) is 0 Å². The van der Waals surface area contributed by atoms with Crippen molar-refractivity contribution in [3.05, 3.63) is 54.1 Å². The van der Waals surface area contributed by atoms with Gasteiger partial charge < -0.3 is 35.3 Å². The summed E-state index contributed by atoms with van der Waals surface area (Å²) >= 11 is 0. The van der Waals surface area contributed by atoms with Crippen molar-refractivity contribution in [2.24, 2.45) is 11.3 Å². The van der Waals surface area contributed by atoms with E-state index in [0.717, 1.165) is 5.56 Å². The number of hydrogen-bond acceptors (Lipinski definition) is 9. The van der Waals surface area contributed by atoms with Gasteiger partial charge in [0.2, 0.25) is 28.6 Å². The van der Waals surface area contributed by atoms with E-state index >= 15 is 0 Å². The number of carbonyl (C=O) groups is 2. The number of nitrogens with zero attached hydrogens (tertiary/aromatic N) is 1. The van der Waals surface area contributed by atoms with Crippen molar-refractivity contribution in [2.75, 3.05) is 46.7 Å². The third-order valence-corrected chi connectivity index (χ3v) is 9.06. The number of amides is 2. The Bertz CT molecular complexity index is 1370. The van der Waals surface area contributed by atoms with Gasteiger partial charge in [-0.3, -0.25) is 9.59 Å². The summed E-state index contributed by atoms with van der Waals surface area (Å²) in [5.74, 6) is -0.108. The molecule has 0 saturated heterocycles. The van der Waals surface area contributed by atoms with Gasteiger partial charge in [-0.15, -0.1) is 12.4 Å². The number of hydrogen-bond donors (Lipinski definition) is 4. The number of benzene rings is 2. The summed E-state index contributed by atoms with van der Waals surface area (Å²) in [7, 11) is -2.50. The molecule has 0 fully saturated rings. The number of sulfonamides is 1. The Labute approximate surface area is 279 Å². The van der Waals surface area contributed by atoms with Crippen molar-refractivity contribution in [1.82, 2.24) is 20.3 Å². The first kappa shape index (κ1) is 39.2. The molecule has 46 heavy (non-hydrogen) atoms. The van der Waals surface area contributed by atoms with Crippen LogP contribution in [-0.4, -0.2) is 94.5 Å². The standard InChI is InChI=1S/C32H48N4O8S.ClH/c1-22(2)19-36(45(40,41)24-12-13-27-28(17-24)44-21-43-27)20-26(37)25(16-23-10-8-7-9-11-23)34-31(39)30(32(3,4)5)35-29(38)18-33-14-15-42-6;/h7-13,17,22,25-26,30,33,37H,14-16,18-21H2,1-6H3,(H,34,39)(H,35,38);1H/t25-,26?,30+;/m0./s1.